The number of allylic oxidation sites excluding steroid dienone is 2. The average Bonchev–Trinajstić information content (AvgIpc) is 2.80. The van der Waals surface area contributed by atoms with Crippen molar-refractivity contribution in [3.05, 3.63) is 12.2 Å². The van der Waals surface area contributed by atoms with E-state index in [2.05, 4.69) is 60.6 Å². The summed E-state index contributed by atoms with van der Waals surface area (Å²) in [6, 6.07) is 0. The molecule has 0 aliphatic heterocycles. The van der Waals surface area contributed by atoms with Gasteiger partial charge in [-0.1, -0.05) is 60.6 Å². The van der Waals surface area contributed by atoms with Crippen LogP contribution in [0.3, 0.4) is 0 Å². The summed E-state index contributed by atoms with van der Waals surface area (Å²) >= 11 is 0. The van der Waals surface area contributed by atoms with Gasteiger partial charge in [-0.2, -0.15) is 0 Å². The standard InChI is InChI=1S/C33H52O4/c1-21(34)37-26-13-14-30(6)24(29(26,4)5)12-15-32(8)25(30)11-10-22-23-20-28(2,3)16-18-33(23,27(35)36-9)19-17-31(22,32)7/h10-11,22-26H,12-20H2,1-9H3/t22-,23+,24-,25+,26-,30-,31+,32+,33-/m0/s1. The lowest BCUT2D eigenvalue weighted by Crippen LogP contribution is -2.66. The number of esters is 2. The highest BCUT2D eigenvalue weighted by Crippen LogP contribution is 2.75. The zero-order valence-corrected chi connectivity index (χ0v) is 25.0. The van der Waals surface area contributed by atoms with Crippen LogP contribution in [0.25, 0.3) is 0 Å². The number of carbonyl (C=O) groups is 2. The summed E-state index contributed by atoms with van der Waals surface area (Å²) in [4.78, 5) is 25.3. The second-order valence-electron chi connectivity index (χ2n) is 15.9. The molecule has 5 aliphatic rings. The summed E-state index contributed by atoms with van der Waals surface area (Å²) in [5.74, 6) is 1.66. The van der Waals surface area contributed by atoms with E-state index in [-0.39, 0.29) is 50.5 Å². The van der Waals surface area contributed by atoms with Crippen molar-refractivity contribution in [1.29, 1.82) is 0 Å². The lowest BCUT2D eigenvalue weighted by molar-refractivity contribution is -0.226. The fourth-order valence-electron chi connectivity index (χ4n) is 11.3. The minimum Gasteiger partial charge on any atom is -0.469 e. The van der Waals surface area contributed by atoms with Gasteiger partial charge in [-0.05, 0) is 103 Å². The normalized spacial score (nSPS) is 49.5. The van der Waals surface area contributed by atoms with Crippen molar-refractivity contribution < 1.29 is 19.1 Å². The SMILES string of the molecule is COC(=O)[C@]12CCC(C)(C)C[C@@H]1[C@@H]1C=C[C@@H]3[C@@]4(C)CC[C@H](OC(C)=O)C(C)(C)[C@@H]4CC[C@@]3(C)[C@]1(C)CC2. The maximum absolute atomic E-state index is 13.4. The van der Waals surface area contributed by atoms with Crippen molar-refractivity contribution in [3.8, 4) is 0 Å². The highest BCUT2D eigenvalue weighted by molar-refractivity contribution is 5.78. The van der Waals surface area contributed by atoms with Crippen LogP contribution in [0.5, 0.6) is 0 Å². The predicted molar refractivity (Wildman–Crippen MR) is 147 cm³/mol. The lowest BCUT2D eigenvalue weighted by Gasteiger charge is -2.71. The van der Waals surface area contributed by atoms with E-state index in [0.29, 0.717) is 23.7 Å². The van der Waals surface area contributed by atoms with Gasteiger partial charge in [0, 0.05) is 12.3 Å². The molecule has 9 atom stereocenters. The third kappa shape index (κ3) is 3.58. The predicted octanol–water partition coefficient (Wildman–Crippen LogP) is 7.75. The summed E-state index contributed by atoms with van der Waals surface area (Å²) in [5.41, 5.74) is 0.423. The van der Waals surface area contributed by atoms with Gasteiger partial charge >= 0.3 is 11.9 Å². The van der Waals surface area contributed by atoms with Crippen LogP contribution in [-0.4, -0.2) is 25.2 Å². The summed E-state index contributed by atoms with van der Waals surface area (Å²) < 4.78 is 11.4. The van der Waals surface area contributed by atoms with E-state index in [1.165, 1.54) is 12.8 Å². The molecule has 4 heteroatoms. The van der Waals surface area contributed by atoms with Crippen LogP contribution in [0.15, 0.2) is 12.2 Å². The van der Waals surface area contributed by atoms with E-state index in [9.17, 15) is 9.59 Å². The first-order chi connectivity index (χ1) is 17.1. The largest absolute Gasteiger partial charge is 0.469 e. The van der Waals surface area contributed by atoms with Gasteiger partial charge in [0.15, 0.2) is 0 Å². The van der Waals surface area contributed by atoms with E-state index in [1.807, 2.05) is 0 Å². The number of hydrogen-bond donors (Lipinski definition) is 0. The van der Waals surface area contributed by atoms with Crippen LogP contribution in [0.2, 0.25) is 0 Å². The molecule has 5 aliphatic carbocycles. The molecule has 0 spiro atoms. The third-order valence-corrected chi connectivity index (χ3v) is 13.5. The molecule has 0 heterocycles. The van der Waals surface area contributed by atoms with Crippen molar-refractivity contribution in [2.45, 2.75) is 119 Å². The molecule has 0 N–H and O–H groups in total. The fraction of sp³-hybridized carbons (Fsp3) is 0.879. The Morgan fingerprint density at radius 2 is 1.49 bits per heavy atom. The molecule has 4 nitrogen and oxygen atoms in total. The molecular weight excluding hydrogens is 460 g/mol. The van der Waals surface area contributed by atoms with Gasteiger partial charge in [0.1, 0.15) is 6.10 Å². The topological polar surface area (TPSA) is 52.6 Å². The molecule has 0 bridgehead atoms. The van der Waals surface area contributed by atoms with Crippen molar-refractivity contribution in [2.75, 3.05) is 7.11 Å². The second kappa shape index (κ2) is 8.34. The minimum absolute atomic E-state index is 0.00293. The van der Waals surface area contributed by atoms with Crippen LogP contribution in [0, 0.1) is 56.2 Å². The quantitative estimate of drug-likeness (QED) is 0.280. The molecule has 0 aromatic carbocycles. The average molecular weight is 513 g/mol. The van der Waals surface area contributed by atoms with Crippen LogP contribution in [0.4, 0.5) is 0 Å². The van der Waals surface area contributed by atoms with Crippen LogP contribution >= 0.6 is 0 Å². The van der Waals surface area contributed by atoms with E-state index in [4.69, 9.17) is 9.47 Å². The molecule has 208 valence electrons. The molecule has 0 aromatic heterocycles. The summed E-state index contributed by atoms with van der Waals surface area (Å²) in [5, 5.41) is 0. The number of ether oxygens (including phenoxy) is 2. The van der Waals surface area contributed by atoms with Crippen LogP contribution < -0.4 is 0 Å². The first kappa shape index (κ1) is 27.3. The van der Waals surface area contributed by atoms with E-state index in [0.717, 1.165) is 44.9 Å². The highest BCUT2D eigenvalue weighted by atomic mass is 16.5. The second-order valence-corrected chi connectivity index (χ2v) is 15.9. The van der Waals surface area contributed by atoms with Gasteiger partial charge in [-0.15, -0.1) is 0 Å². The summed E-state index contributed by atoms with van der Waals surface area (Å²) in [6.45, 7) is 18.8. The molecule has 0 unspecified atom stereocenters. The van der Waals surface area contributed by atoms with Crippen molar-refractivity contribution in [1.82, 2.24) is 0 Å². The number of fused-ring (bicyclic) bond motifs is 7. The van der Waals surface area contributed by atoms with Crippen LogP contribution in [-0.2, 0) is 19.1 Å². The molecule has 0 radical (unpaired) electrons. The Morgan fingerprint density at radius 1 is 0.811 bits per heavy atom. The van der Waals surface area contributed by atoms with Gasteiger partial charge in [0.25, 0.3) is 0 Å². The Morgan fingerprint density at radius 3 is 2.14 bits per heavy atom. The van der Waals surface area contributed by atoms with Gasteiger partial charge in [0.05, 0.1) is 12.5 Å². The fourth-order valence-corrected chi connectivity index (χ4v) is 11.3. The molecule has 4 fully saturated rings. The Bertz CT molecular complexity index is 994. The van der Waals surface area contributed by atoms with Crippen LogP contribution in [0.1, 0.15) is 113 Å². The van der Waals surface area contributed by atoms with Crippen molar-refractivity contribution in [3.63, 3.8) is 0 Å². The van der Waals surface area contributed by atoms with Crippen molar-refractivity contribution >= 4 is 11.9 Å². The number of rotatable bonds is 2. The molecule has 0 saturated heterocycles. The Kier molecular flexibility index (Phi) is 6.14. The zero-order valence-electron chi connectivity index (χ0n) is 25.0. The maximum atomic E-state index is 13.4. The van der Waals surface area contributed by atoms with Gasteiger partial charge < -0.3 is 9.47 Å². The summed E-state index contributed by atoms with van der Waals surface area (Å²) in [6.07, 6.45) is 14.8. The molecule has 4 saturated carbocycles. The van der Waals surface area contributed by atoms with E-state index >= 15 is 0 Å². The molecule has 0 amide bonds. The maximum Gasteiger partial charge on any atom is 0.312 e. The lowest BCUT2D eigenvalue weighted by atomic mass is 9.33. The Balaban J connectivity index is 1.55. The number of carbonyl (C=O) groups excluding carboxylic acids is 2. The minimum atomic E-state index is -0.326. The van der Waals surface area contributed by atoms with Gasteiger partial charge in [-0.3, -0.25) is 9.59 Å². The third-order valence-electron chi connectivity index (χ3n) is 13.5. The zero-order chi connectivity index (χ0) is 27.2. The Hall–Kier alpha value is -1.32. The monoisotopic (exact) mass is 512 g/mol. The first-order valence-corrected chi connectivity index (χ1v) is 15.0. The summed E-state index contributed by atoms with van der Waals surface area (Å²) in [7, 11) is 1.59. The number of methoxy groups -OCH3 is 1. The van der Waals surface area contributed by atoms with E-state index in [1.54, 1.807) is 14.0 Å². The van der Waals surface area contributed by atoms with Gasteiger partial charge in [-0.25, -0.2) is 0 Å². The Labute approximate surface area is 225 Å². The molecule has 5 rings (SSSR count). The van der Waals surface area contributed by atoms with E-state index < -0.39 is 0 Å². The molecule has 37 heavy (non-hydrogen) atoms. The number of hydrogen-bond acceptors (Lipinski definition) is 4. The smallest absolute Gasteiger partial charge is 0.312 e. The first-order valence-electron chi connectivity index (χ1n) is 15.0. The highest BCUT2D eigenvalue weighted by Gasteiger charge is 2.70. The van der Waals surface area contributed by atoms with Crippen molar-refractivity contribution in [2.24, 2.45) is 56.2 Å². The van der Waals surface area contributed by atoms with Gasteiger partial charge in [0.2, 0.25) is 0 Å². The molecule has 0 aromatic rings. The molecular formula is C33H52O4.